The maximum Gasteiger partial charge on any atom is 0.101 e. The molecule has 0 saturated heterocycles. The molecule has 0 amide bonds. The second-order valence-electron chi connectivity index (χ2n) is 4.32. The highest BCUT2D eigenvalue weighted by molar-refractivity contribution is 5.86. The van der Waals surface area contributed by atoms with Crippen LogP contribution >= 0.6 is 0 Å². The summed E-state index contributed by atoms with van der Waals surface area (Å²) in [5.41, 5.74) is 3.96. The zero-order valence-corrected chi connectivity index (χ0v) is 9.78. The number of benzene rings is 1. The molecule has 0 aliphatic heterocycles. The second kappa shape index (κ2) is 3.94. The van der Waals surface area contributed by atoms with E-state index in [0.717, 1.165) is 22.0 Å². The molecule has 0 unspecified atom stereocenters. The maximum absolute atomic E-state index is 9.11. The van der Waals surface area contributed by atoms with Crippen molar-refractivity contribution >= 4 is 10.9 Å². The molecule has 0 spiro atoms. The third kappa shape index (κ3) is 1.55. The third-order valence-corrected chi connectivity index (χ3v) is 2.84. The van der Waals surface area contributed by atoms with E-state index in [-0.39, 0.29) is 0 Å². The van der Waals surface area contributed by atoms with Crippen LogP contribution in [0.25, 0.3) is 10.9 Å². The fourth-order valence-electron chi connectivity index (χ4n) is 2.10. The number of para-hydroxylation sites is 1. The van der Waals surface area contributed by atoms with Gasteiger partial charge < -0.3 is 0 Å². The molecule has 0 aliphatic carbocycles. The molecular weight excluding hydrogens is 196 g/mol. The van der Waals surface area contributed by atoms with Crippen molar-refractivity contribution in [2.45, 2.75) is 26.7 Å². The lowest BCUT2D eigenvalue weighted by atomic mass is 9.93. The van der Waals surface area contributed by atoms with Crippen molar-refractivity contribution < 1.29 is 0 Å². The molecule has 1 aromatic carbocycles. The summed E-state index contributed by atoms with van der Waals surface area (Å²) in [6.45, 7) is 6.27. The lowest BCUT2D eigenvalue weighted by Crippen LogP contribution is -1.97. The molecule has 0 radical (unpaired) electrons. The first-order valence-corrected chi connectivity index (χ1v) is 5.43. The number of rotatable bonds is 1. The summed E-state index contributed by atoms with van der Waals surface area (Å²) in [4.78, 5) is 4.37. The number of hydrogen-bond acceptors (Lipinski definition) is 2. The average Bonchev–Trinajstić information content (AvgIpc) is 2.27. The molecule has 2 rings (SSSR count). The quantitative estimate of drug-likeness (QED) is 0.721. The molecule has 0 saturated carbocycles. The smallest absolute Gasteiger partial charge is 0.101 e. The first kappa shape index (κ1) is 10.6. The Morgan fingerprint density at radius 1 is 1.31 bits per heavy atom. The van der Waals surface area contributed by atoms with Crippen molar-refractivity contribution in [3.05, 3.63) is 41.1 Å². The maximum atomic E-state index is 9.11. The van der Waals surface area contributed by atoms with Crippen molar-refractivity contribution in [2.75, 3.05) is 0 Å². The number of aryl methyl sites for hydroxylation is 1. The van der Waals surface area contributed by atoms with Crippen LogP contribution in [0.4, 0.5) is 0 Å². The van der Waals surface area contributed by atoms with Crippen LogP contribution in [-0.4, -0.2) is 4.98 Å². The monoisotopic (exact) mass is 210 g/mol. The van der Waals surface area contributed by atoms with Crippen LogP contribution < -0.4 is 0 Å². The van der Waals surface area contributed by atoms with Crippen LogP contribution in [-0.2, 0) is 0 Å². The lowest BCUT2D eigenvalue weighted by molar-refractivity contribution is 0.870. The Labute approximate surface area is 95.6 Å². The number of hydrogen-bond donors (Lipinski definition) is 0. The summed E-state index contributed by atoms with van der Waals surface area (Å²) >= 11 is 0. The normalized spacial score (nSPS) is 10.7. The number of pyridine rings is 1. The molecule has 2 aromatic rings. The van der Waals surface area contributed by atoms with Crippen molar-refractivity contribution in [3.8, 4) is 6.07 Å². The SMILES string of the molecule is Cc1cccc2c(C(C)C)c(C#N)cnc12. The summed E-state index contributed by atoms with van der Waals surface area (Å²) in [5.74, 6) is 0.335. The highest BCUT2D eigenvalue weighted by Gasteiger charge is 2.12. The number of fused-ring (bicyclic) bond motifs is 1. The molecule has 0 bridgehead atoms. The Morgan fingerprint density at radius 3 is 2.69 bits per heavy atom. The molecule has 0 fully saturated rings. The third-order valence-electron chi connectivity index (χ3n) is 2.84. The molecule has 2 nitrogen and oxygen atoms in total. The Kier molecular flexibility index (Phi) is 2.62. The van der Waals surface area contributed by atoms with Gasteiger partial charge in [0.05, 0.1) is 11.1 Å². The van der Waals surface area contributed by atoms with Crippen LogP contribution in [0.1, 0.15) is 36.5 Å². The van der Waals surface area contributed by atoms with E-state index in [4.69, 9.17) is 5.26 Å². The van der Waals surface area contributed by atoms with Crippen molar-refractivity contribution in [3.63, 3.8) is 0 Å². The summed E-state index contributed by atoms with van der Waals surface area (Å²) in [6.07, 6.45) is 1.69. The van der Waals surface area contributed by atoms with E-state index < -0.39 is 0 Å². The molecule has 1 aromatic heterocycles. The molecule has 16 heavy (non-hydrogen) atoms. The van der Waals surface area contributed by atoms with E-state index >= 15 is 0 Å². The van der Waals surface area contributed by atoms with Gasteiger partial charge in [0.2, 0.25) is 0 Å². The first-order valence-electron chi connectivity index (χ1n) is 5.43. The predicted molar refractivity (Wildman–Crippen MR) is 65.3 cm³/mol. The minimum Gasteiger partial charge on any atom is -0.255 e. The van der Waals surface area contributed by atoms with Crippen molar-refractivity contribution in [2.24, 2.45) is 0 Å². The van der Waals surface area contributed by atoms with Crippen LogP contribution in [0.2, 0.25) is 0 Å². The molecule has 2 heteroatoms. The van der Waals surface area contributed by atoms with Crippen LogP contribution in [0.3, 0.4) is 0 Å². The van der Waals surface area contributed by atoms with E-state index in [1.165, 1.54) is 0 Å². The minimum atomic E-state index is 0.335. The van der Waals surface area contributed by atoms with Gasteiger partial charge in [-0.15, -0.1) is 0 Å². The van der Waals surface area contributed by atoms with Gasteiger partial charge >= 0.3 is 0 Å². The Hall–Kier alpha value is -1.88. The van der Waals surface area contributed by atoms with Gasteiger partial charge in [0.1, 0.15) is 6.07 Å². The predicted octanol–water partition coefficient (Wildman–Crippen LogP) is 3.54. The summed E-state index contributed by atoms with van der Waals surface area (Å²) in [6, 6.07) is 8.34. The van der Waals surface area contributed by atoms with E-state index in [2.05, 4.69) is 24.9 Å². The highest BCUT2D eigenvalue weighted by atomic mass is 14.7. The van der Waals surface area contributed by atoms with Gasteiger partial charge in [0.25, 0.3) is 0 Å². The number of nitrogens with zero attached hydrogens (tertiary/aromatic N) is 2. The van der Waals surface area contributed by atoms with Crippen LogP contribution in [0, 0.1) is 18.3 Å². The molecule has 0 aliphatic rings. The molecule has 0 atom stereocenters. The Bertz CT molecular complexity index is 577. The van der Waals surface area contributed by atoms with Gasteiger partial charge in [-0.05, 0) is 24.0 Å². The van der Waals surface area contributed by atoms with Gasteiger partial charge in [-0.1, -0.05) is 32.0 Å². The lowest BCUT2D eigenvalue weighted by Gasteiger charge is -2.12. The van der Waals surface area contributed by atoms with Crippen molar-refractivity contribution in [1.82, 2.24) is 4.98 Å². The van der Waals surface area contributed by atoms with Gasteiger partial charge in [-0.3, -0.25) is 4.98 Å². The van der Waals surface area contributed by atoms with E-state index in [9.17, 15) is 0 Å². The standard InChI is InChI=1S/C14H14N2/c1-9(2)13-11(7-15)8-16-14-10(3)5-4-6-12(13)14/h4-6,8-9H,1-3H3. The molecule has 80 valence electrons. The second-order valence-corrected chi connectivity index (χ2v) is 4.32. The first-order chi connectivity index (χ1) is 7.65. The average molecular weight is 210 g/mol. The topological polar surface area (TPSA) is 36.7 Å². The fraction of sp³-hybridized carbons (Fsp3) is 0.286. The zero-order valence-electron chi connectivity index (χ0n) is 9.78. The minimum absolute atomic E-state index is 0.335. The van der Waals surface area contributed by atoms with E-state index in [1.807, 2.05) is 25.1 Å². The van der Waals surface area contributed by atoms with Gasteiger partial charge in [0.15, 0.2) is 0 Å². The van der Waals surface area contributed by atoms with Gasteiger partial charge in [0, 0.05) is 11.6 Å². The van der Waals surface area contributed by atoms with Crippen LogP contribution in [0.5, 0.6) is 0 Å². The molecule has 0 N–H and O–H groups in total. The molecular formula is C14H14N2. The van der Waals surface area contributed by atoms with Crippen molar-refractivity contribution in [1.29, 1.82) is 5.26 Å². The van der Waals surface area contributed by atoms with Gasteiger partial charge in [-0.2, -0.15) is 5.26 Å². The summed E-state index contributed by atoms with van der Waals surface area (Å²) in [7, 11) is 0. The Morgan fingerprint density at radius 2 is 2.06 bits per heavy atom. The summed E-state index contributed by atoms with van der Waals surface area (Å²) in [5, 5.41) is 10.2. The summed E-state index contributed by atoms with van der Waals surface area (Å²) < 4.78 is 0. The van der Waals surface area contributed by atoms with Crippen LogP contribution in [0.15, 0.2) is 24.4 Å². The highest BCUT2D eigenvalue weighted by Crippen LogP contribution is 2.28. The van der Waals surface area contributed by atoms with Gasteiger partial charge in [-0.25, -0.2) is 0 Å². The van der Waals surface area contributed by atoms with E-state index in [0.29, 0.717) is 11.5 Å². The number of nitriles is 1. The number of aromatic nitrogens is 1. The zero-order chi connectivity index (χ0) is 11.7. The van der Waals surface area contributed by atoms with E-state index in [1.54, 1.807) is 6.20 Å². The fourth-order valence-corrected chi connectivity index (χ4v) is 2.10. The largest absolute Gasteiger partial charge is 0.255 e. The molecule has 1 heterocycles. The Balaban J connectivity index is 2.91.